The number of carbonyl (C=O) groups is 1. The second-order valence-electron chi connectivity index (χ2n) is 7.26. The molecule has 1 unspecified atom stereocenters. The quantitative estimate of drug-likeness (QED) is 0.672. The minimum atomic E-state index is -3.55. The first-order valence-corrected chi connectivity index (χ1v) is 11.4. The lowest BCUT2D eigenvalue weighted by atomic mass is 9.99. The maximum atomic E-state index is 12.8. The van der Waals surface area contributed by atoms with Crippen LogP contribution in [-0.4, -0.2) is 45.4 Å². The Bertz CT molecular complexity index is 898. The highest BCUT2D eigenvalue weighted by Crippen LogP contribution is 2.23. The second-order valence-corrected chi connectivity index (χ2v) is 9.20. The number of hydrogen-bond acceptors (Lipinski definition) is 4. The van der Waals surface area contributed by atoms with Crippen LogP contribution in [0.3, 0.4) is 0 Å². The summed E-state index contributed by atoms with van der Waals surface area (Å²) in [6, 6.07) is 16.3. The van der Waals surface area contributed by atoms with Crippen molar-refractivity contribution in [1.29, 1.82) is 0 Å². The molecule has 6 nitrogen and oxygen atoms in total. The van der Waals surface area contributed by atoms with Crippen molar-refractivity contribution in [2.45, 2.75) is 30.6 Å². The molecule has 1 N–H and O–H groups in total. The maximum Gasteiger partial charge on any atom is 0.243 e. The van der Waals surface area contributed by atoms with E-state index in [9.17, 15) is 13.2 Å². The predicted molar refractivity (Wildman–Crippen MR) is 112 cm³/mol. The van der Waals surface area contributed by atoms with Crippen molar-refractivity contribution < 1.29 is 17.9 Å². The minimum absolute atomic E-state index is 0.0623. The normalized spacial score (nSPS) is 17.6. The molecular weight excluding hydrogens is 388 g/mol. The molecule has 0 spiro atoms. The number of piperidine rings is 1. The maximum absolute atomic E-state index is 12.8. The molecule has 3 rings (SSSR count). The van der Waals surface area contributed by atoms with Gasteiger partial charge in [0.05, 0.1) is 17.9 Å². The largest absolute Gasteiger partial charge is 0.497 e. The van der Waals surface area contributed by atoms with Gasteiger partial charge in [-0.1, -0.05) is 30.3 Å². The van der Waals surface area contributed by atoms with Gasteiger partial charge in [0.1, 0.15) is 5.75 Å². The van der Waals surface area contributed by atoms with E-state index in [-0.39, 0.29) is 23.3 Å². The molecule has 0 aliphatic carbocycles. The van der Waals surface area contributed by atoms with E-state index >= 15 is 0 Å². The lowest BCUT2D eigenvalue weighted by Gasteiger charge is -2.31. The van der Waals surface area contributed by atoms with Crippen LogP contribution in [-0.2, 0) is 21.2 Å². The smallest absolute Gasteiger partial charge is 0.243 e. The van der Waals surface area contributed by atoms with Gasteiger partial charge in [0.2, 0.25) is 15.9 Å². The van der Waals surface area contributed by atoms with Crippen LogP contribution in [0, 0.1) is 5.92 Å². The Hall–Kier alpha value is -2.38. The molecule has 156 valence electrons. The van der Waals surface area contributed by atoms with Crippen molar-refractivity contribution in [2.75, 3.05) is 26.7 Å². The number of carbonyl (C=O) groups excluding carboxylic acids is 1. The minimum Gasteiger partial charge on any atom is -0.497 e. The van der Waals surface area contributed by atoms with Gasteiger partial charge in [-0.05, 0) is 55.5 Å². The Balaban J connectivity index is 1.48. The zero-order valence-electron chi connectivity index (χ0n) is 16.7. The summed E-state index contributed by atoms with van der Waals surface area (Å²) in [7, 11) is -1.91. The third-order valence-corrected chi connectivity index (χ3v) is 7.12. The van der Waals surface area contributed by atoms with Crippen molar-refractivity contribution in [3.63, 3.8) is 0 Å². The van der Waals surface area contributed by atoms with E-state index in [1.165, 1.54) is 9.87 Å². The summed E-state index contributed by atoms with van der Waals surface area (Å²) >= 11 is 0. The Morgan fingerprint density at radius 1 is 1.14 bits per heavy atom. The number of aryl methyl sites for hydroxylation is 1. The molecule has 2 aromatic carbocycles. The number of nitrogens with zero attached hydrogens (tertiary/aromatic N) is 1. The lowest BCUT2D eigenvalue weighted by molar-refractivity contribution is -0.126. The summed E-state index contributed by atoms with van der Waals surface area (Å²) < 4.78 is 32.2. The number of methoxy groups -OCH3 is 1. The van der Waals surface area contributed by atoms with Crippen LogP contribution in [0.1, 0.15) is 24.8 Å². The van der Waals surface area contributed by atoms with Gasteiger partial charge in [-0.3, -0.25) is 4.79 Å². The molecule has 7 heteroatoms. The topological polar surface area (TPSA) is 75.7 Å². The van der Waals surface area contributed by atoms with Crippen molar-refractivity contribution in [1.82, 2.24) is 9.62 Å². The fourth-order valence-corrected chi connectivity index (χ4v) is 5.10. The first-order valence-electron chi connectivity index (χ1n) is 9.96. The van der Waals surface area contributed by atoms with Crippen LogP contribution < -0.4 is 10.1 Å². The zero-order valence-corrected chi connectivity index (χ0v) is 17.5. The summed E-state index contributed by atoms with van der Waals surface area (Å²) in [5.74, 6) is 0.463. The Kier molecular flexibility index (Phi) is 7.28. The van der Waals surface area contributed by atoms with Crippen molar-refractivity contribution >= 4 is 15.9 Å². The van der Waals surface area contributed by atoms with E-state index in [4.69, 9.17) is 4.74 Å². The molecule has 1 aliphatic heterocycles. The predicted octanol–water partition coefficient (Wildman–Crippen LogP) is 2.84. The van der Waals surface area contributed by atoms with E-state index in [0.717, 1.165) is 18.6 Å². The molecular formula is C22H28N2O4S. The summed E-state index contributed by atoms with van der Waals surface area (Å²) in [6.07, 6.45) is 3.10. The van der Waals surface area contributed by atoms with Crippen LogP contribution in [0.2, 0.25) is 0 Å². The van der Waals surface area contributed by atoms with Gasteiger partial charge in [0, 0.05) is 19.6 Å². The summed E-state index contributed by atoms with van der Waals surface area (Å²) in [5, 5.41) is 2.97. The van der Waals surface area contributed by atoms with Gasteiger partial charge >= 0.3 is 0 Å². The highest BCUT2D eigenvalue weighted by molar-refractivity contribution is 7.89. The first kappa shape index (κ1) is 21.3. The molecule has 0 saturated carbocycles. The van der Waals surface area contributed by atoms with Gasteiger partial charge in [0.25, 0.3) is 0 Å². The number of ether oxygens (including phenoxy) is 1. The van der Waals surface area contributed by atoms with Crippen LogP contribution in [0.4, 0.5) is 0 Å². The number of rotatable bonds is 8. The zero-order chi connectivity index (χ0) is 20.7. The van der Waals surface area contributed by atoms with Crippen molar-refractivity contribution in [2.24, 2.45) is 5.92 Å². The number of nitrogens with one attached hydrogen (secondary N) is 1. The average molecular weight is 417 g/mol. The third-order valence-electron chi connectivity index (χ3n) is 5.24. The van der Waals surface area contributed by atoms with Crippen LogP contribution in [0.5, 0.6) is 5.75 Å². The number of amides is 1. The average Bonchev–Trinajstić information content (AvgIpc) is 2.77. The summed E-state index contributed by atoms with van der Waals surface area (Å²) in [6.45, 7) is 1.27. The Labute approximate surface area is 172 Å². The molecule has 0 aromatic heterocycles. The van der Waals surface area contributed by atoms with E-state index in [1.807, 2.05) is 24.3 Å². The lowest BCUT2D eigenvalue weighted by Crippen LogP contribution is -2.45. The van der Waals surface area contributed by atoms with E-state index in [1.54, 1.807) is 37.4 Å². The van der Waals surface area contributed by atoms with E-state index in [2.05, 4.69) is 5.32 Å². The summed E-state index contributed by atoms with van der Waals surface area (Å²) in [4.78, 5) is 12.8. The van der Waals surface area contributed by atoms with Gasteiger partial charge in [-0.25, -0.2) is 8.42 Å². The van der Waals surface area contributed by atoms with Crippen LogP contribution in [0.15, 0.2) is 59.5 Å². The summed E-state index contributed by atoms with van der Waals surface area (Å²) in [5.41, 5.74) is 1.19. The highest BCUT2D eigenvalue weighted by Gasteiger charge is 2.33. The molecule has 1 atom stereocenters. The molecule has 1 fully saturated rings. The van der Waals surface area contributed by atoms with Crippen LogP contribution in [0.25, 0.3) is 0 Å². The molecule has 1 heterocycles. The van der Waals surface area contributed by atoms with E-state index in [0.29, 0.717) is 25.9 Å². The van der Waals surface area contributed by atoms with Crippen molar-refractivity contribution in [3.05, 3.63) is 60.2 Å². The molecule has 2 aromatic rings. The fraction of sp³-hybridized carbons (Fsp3) is 0.409. The molecule has 29 heavy (non-hydrogen) atoms. The van der Waals surface area contributed by atoms with Gasteiger partial charge in [-0.15, -0.1) is 0 Å². The van der Waals surface area contributed by atoms with Gasteiger partial charge in [-0.2, -0.15) is 4.31 Å². The Morgan fingerprint density at radius 2 is 1.86 bits per heavy atom. The molecule has 1 saturated heterocycles. The fourth-order valence-electron chi connectivity index (χ4n) is 3.56. The molecule has 0 radical (unpaired) electrons. The Morgan fingerprint density at radius 3 is 2.55 bits per heavy atom. The van der Waals surface area contributed by atoms with Gasteiger partial charge in [0.15, 0.2) is 0 Å². The van der Waals surface area contributed by atoms with Crippen LogP contribution >= 0.6 is 0 Å². The second kappa shape index (κ2) is 9.89. The monoisotopic (exact) mass is 416 g/mol. The standard InChI is InChI=1S/C22H28N2O4S/c1-28-20-13-11-18(12-14-20)7-5-15-23-22(25)19-8-6-16-24(17-19)29(26,27)21-9-3-2-4-10-21/h2-4,9-14,19H,5-8,15-17H2,1H3,(H,23,25). The van der Waals surface area contributed by atoms with Gasteiger partial charge < -0.3 is 10.1 Å². The van der Waals surface area contributed by atoms with Crippen molar-refractivity contribution in [3.8, 4) is 5.75 Å². The number of hydrogen-bond donors (Lipinski definition) is 1. The molecule has 1 amide bonds. The molecule has 1 aliphatic rings. The van der Waals surface area contributed by atoms with E-state index < -0.39 is 10.0 Å². The molecule has 0 bridgehead atoms. The number of benzene rings is 2. The first-order chi connectivity index (χ1) is 14.0. The third kappa shape index (κ3) is 5.58. The SMILES string of the molecule is COc1ccc(CCCNC(=O)C2CCCN(S(=O)(=O)c3ccccc3)C2)cc1. The highest BCUT2D eigenvalue weighted by atomic mass is 32.2. The number of sulfonamides is 1.